The van der Waals surface area contributed by atoms with Gasteiger partial charge in [0.25, 0.3) is 0 Å². The topological polar surface area (TPSA) is 33.3 Å². The molecule has 15 heavy (non-hydrogen) atoms. The molecule has 2 N–H and O–H groups in total. The van der Waals surface area contributed by atoms with Crippen molar-refractivity contribution in [2.45, 2.75) is 26.7 Å². The maximum Gasteiger partial charge on any atom is 0.166 e. The summed E-state index contributed by atoms with van der Waals surface area (Å²) in [4.78, 5) is 0. The minimum Gasteiger partial charge on any atom is -0.383 e. The first kappa shape index (κ1) is 12.7. The highest BCUT2D eigenvalue weighted by atomic mass is 32.1. The maximum atomic E-state index is 5.17. The molecular formula is C11H22N2OS. The third kappa shape index (κ3) is 3.95. The Kier molecular flexibility index (Phi) is 4.80. The number of rotatable bonds is 6. The monoisotopic (exact) mass is 230 g/mol. The van der Waals surface area contributed by atoms with E-state index in [2.05, 4.69) is 24.5 Å². The third-order valence-electron chi connectivity index (χ3n) is 3.31. The van der Waals surface area contributed by atoms with Crippen LogP contribution in [0.4, 0.5) is 0 Å². The lowest BCUT2D eigenvalue weighted by molar-refractivity contribution is 0.203. The summed E-state index contributed by atoms with van der Waals surface area (Å²) in [7, 11) is 1.69. The number of nitrogens with one attached hydrogen (secondary N) is 2. The molecule has 1 rings (SSSR count). The van der Waals surface area contributed by atoms with Crippen LogP contribution in [0.5, 0.6) is 0 Å². The van der Waals surface area contributed by atoms with Crippen molar-refractivity contribution in [3.05, 3.63) is 0 Å². The zero-order valence-electron chi connectivity index (χ0n) is 9.93. The van der Waals surface area contributed by atoms with Gasteiger partial charge in [0.05, 0.1) is 6.61 Å². The first-order valence-electron chi connectivity index (χ1n) is 5.61. The van der Waals surface area contributed by atoms with E-state index in [0.29, 0.717) is 12.0 Å². The van der Waals surface area contributed by atoms with Gasteiger partial charge in [0, 0.05) is 20.2 Å². The summed E-state index contributed by atoms with van der Waals surface area (Å²) in [6.45, 7) is 7.05. The van der Waals surface area contributed by atoms with Crippen molar-refractivity contribution in [1.82, 2.24) is 10.6 Å². The molecule has 88 valence electrons. The van der Waals surface area contributed by atoms with Gasteiger partial charge in [-0.2, -0.15) is 0 Å². The molecule has 0 radical (unpaired) electrons. The zero-order chi connectivity index (χ0) is 11.3. The number of hydrogen-bond acceptors (Lipinski definition) is 2. The molecule has 1 aliphatic rings. The van der Waals surface area contributed by atoms with Crippen molar-refractivity contribution in [3.63, 3.8) is 0 Å². The molecule has 3 nitrogen and oxygen atoms in total. The van der Waals surface area contributed by atoms with Gasteiger partial charge in [0.2, 0.25) is 0 Å². The van der Waals surface area contributed by atoms with E-state index in [1.165, 1.54) is 12.8 Å². The molecule has 0 atom stereocenters. The summed E-state index contributed by atoms with van der Waals surface area (Å²) in [5.74, 6) is 0.742. The number of methoxy groups -OCH3 is 1. The van der Waals surface area contributed by atoms with E-state index in [1.807, 2.05) is 0 Å². The minimum absolute atomic E-state index is 0.507. The quantitative estimate of drug-likeness (QED) is 0.535. The smallest absolute Gasteiger partial charge is 0.166 e. The Morgan fingerprint density at radius 3 is 2.53 bits per heavy atom. The van der Waals surface area contributed by atoms with Gasteiger partial charge in [-0.25, -0.2) is 0 Å². The highest BCUT2D eigenvalue weighted by Gasteiger charge is 2.44. The number of ether oxygens (including phenoxy) is 1. The third-order valence-corrected chi connectivity index (χ3v) is 3.60. The second-order valence-electron chi connectivity index (χ2n) is 4.62. The first-order valence-corrected chi connectivity index (χ1v) is 6.02. The SMILES string of the molecule is COCCNC(=S)NCC1(C(C)C)CC1. The van der Waals surface area contributed by atoms with E-state index in [4.69, 9.17) is 17.0 Å². The molecule has 0 bridgehead atoms. The van der Waals surface area contributed by atoms with Gasteiger partial charge in [-0.3, -0.25) is 0 Å². The van der Waals surface area contributed by atoms with Gasteiger partial charge in [0.1, 0.15) is 0 Å². The van der Waals surface area contributed by atoms with Crippen LogP contribution in [0.15, 0.2) is 0 Å². The fraction of sp³-hybridized carbons (Fsp3) is 0.909. The predicted molar refractivity (Wildman–Crippen MR) is 67.0 cm³/mol. The maximum absolute atomic E-state index is 5.17. The van der Waals surface area contributed by atoms with Crippen molar-refractivity contribution in [2.75, 3.05) is 26.8 Å². The summed E-state index contributed by atoms with van der Waals surface area (Å²) in [5, 5.41) is 7.16. The zero-order valence-corrected chi connectivity index (χ0v) is 10.7. The Morgan fingerprint density at radius 1 is 1.40 bits per heavy atom. The summed E-state index contributed by atoms with van der Waals surface area (Å²) in [6.07, 6.45) is 2.66. The fourth-order valence-electron chi connectivity index (χ4n) is 1.70. The molecule has 0 heterocycles. The molecule has 0 aliphatic heterocycles. The van der Waals surface area contributed by atoms with Crippen molar-refractivity contribution >= 4 is 17.3 Å². The van der Waals surface area contributed by atoms with Crippen LogP contribution in [0.3, 0.4) is 0 Å². The van der Waals surface area contributed by atoms with Gasteiger partial charge < -0.3 is 15.4 Å². The number of thiocarbonyl (C=S) groups is 1. The lowest BCUT2D eigenvalue weighted by Crippen LogP contribution is -2.40. The second kappa shape index (κ2) is 5.66. The molecule has 0 aromatic rings. The van der Waals surface area contributed by atoms with Crippen molar-refractivity contribution in [2.24, 2.45) is 11.3 Å². The Hall–Kier alpha value is -0.350. The largest absolute Gasteiger partial charge is 0.383 e. The molecule has 1 saturated carbocycles. The van der Waals surface area contributed by atoms with Crippen LogP contribution in [-0.4, -0.2) is 31.9 Å². The summed E-state index contributed by atoms with van der Waals surface area (Å²) < 4.78 is 4.94. The lowest BCUT2D eigenvalue weighted by Gasteiger charge is -2.21. The summed E-state index contributed by atoms with van der Waals surface area (Å²) in [5.41, 5.74) is 0.507. The van der Waals surface area contributed by atoms with Crippen LogP contribution in [-0.2, 0) is 4.74 Å². The molecule has 0 unspecified atom stereocenters. The average molecular weight is 230 g/mol. The number of hydrogen-bond donors (Lipinski definition) is 2. The molecule has 4 heteroatoms. The molecule has 0 aromatic heterocycles. The van der Waals surface area contributed by atoms with E-state index in [1.54, 1.807) is 7.11 Å². The molecule has 0 amide bonds. The average Bonchev–Trinajstić information content (AvgIpc) is 2.96. The first-order chi connectivity index (χ1) is 7.10. The van der Waals surface area contributed by atoms with Crippen molar-refractivity contribution in [1.29, 1.82) is 0 Å². The predicted octanol–water partition coefficient (Wildman–Crippen LogP) is 1.53. The van der Waals surface area contributed by atoms with Crippen LogP contribution in [0, 0.1) is 11.3 Å². The highest BCUT2D eigenvalue weighted by Crippen LogP contribution is 2.51. The molecule has 1 aliphatic carbocycles. The van der Waals surface area contributed by atoms with Crippen LogP contribution < -0.4 is 10.6 Å². The second-order valence-corrected chi connectivity index (χ2v) is 5.03. The Morgan fingerprint density at radius 2 is 2.07 bits per heavy atom. The van der Waals surface area contributed by atoms with Crippen LogP contribution in [0.1, 0.15) is 26.7 Å². The van der Waals surface area contributed by atoms with E-state index in [0.717, 1.165) is 24.1 Å². The Bertz CT molecular complexity index is 215. The van der Waals surface area contributed by atoms with E-state index in [-0.39, 0.29) is 0 Å². The van der Waals surface area contributed by atoms with Gasteiger partial charge >= 0.3 is 0 Å². The molecule has 0 aromatic carbocycles. The Labute approximate surface area is 98.0 Å². The van der Waals surface area contributed by atoms with Gasteiger partial charge in [0.15, 0.2) is 5.11 Å². The van der Waals surface area contributed by atoms with E-state index >= 15 is 0 Å². The molecular weight excluding hydrogens is 208 g/mol. The van der Waals surface area contributed by atoms with Crippen molar-refractivity contribution in [3.8, 4) is 0 Å². The normalized spacial score (nSPS) is 17.6. The fourth-order valence-corrected chi connectivity index (χ4v) is 1.88. The summed E-state index contributed by atoms with van der Waals surface area (Å²) >= 11 is 5.17. The lowest BCUT2D eigenvalue weighted by atomic mass is 9.92. The minimum atomic E-state index is 0.507. The molecule has 0 spiro atoms. The van der Waals surface area contributed by atoms with Crippen LogP contribution >= 0.6 is 12.2 Å². The van der Waals surface area contributed by atoms with Gasteiger partial charge in [-0.05, 0) is 36.4 Å². The standard InChI is InChI=1S/C11H22N2OS/c1-9(2)11(4-5-11)8-13-10(15)12-6-7-14-3/h9H,4-8H2,1-3H3,(H2,12,13,15). The van der Waals surface area contributed by atoms with E-state index in [9.17, 15) is 0 Å². The van der Waals surface area contributed by atoms with E-state index < -0.39 is 0 Å². The Balaban J connectivity index is 2.12. The summed E-state index contributed by atoms with van der Waals surface area (Å²) in [6, 6.07) is 0. The van der Waals surface area contributed by atoms with Gasteiger partial charge in [-0.1, -0.05) is 13.8 Å². The highest BCUT2D eigenvalue weighted by molar-refractivity contribution is 7.80. The van der Waals surface area contributed by atoms with Gasteiger partial charge in [-0.15, -0.1) is 0 Å². The molecule has 0 saturated heterocycles. The van der Waals surface area contributed by atoms with Crippen LogP contribution in [0.2, 0.25) is 0 Å². The molecule has 1 fully saturated rings. The van der Waals surface area contributed by atoms with Crippen molar-refractivity contribution < 1.29 is 4.74 Å². The van der Waals surface area contributed by atoms with Crippen LogP contribution in [0.25, 0.3) is 0 Å².